The van der Waals surface area contributed by atoms with E-state index in [1.807, 2.05) is 0 Å². The van der Waals surface area contributed by atoms with Crippen LogP contribution in [-0.4, -0.2) is 25.2 Å². The number of sulfonamides is 1. The summed E-state index contributed by atoms with van der Waals surface area (Å²) in [6.07, 6.45) is 0.758. The minimum atomic E-state index is -3.58. The number of H-pyrrole nitrogens is 1. The monoisotopic (exact) mass is 274 g/mol. The van der Waals surface area contributed by atoms with Crippen LogP contribution >= 0.6 is 0 Å². The van der Waals surface area contributed by atoms with Crippen molar-refractivity contribution >= 4 is 10.0 Å². The summed E-state index contributed by atoms with van der Waals surface area (Å²) in [5.74, 6) is 0. The number of nitrogens with zero attached hydrogens (tertiary/aromatic N) is 1. The highest BCUT2D eigenvalue weighted by atomic mass is 32.2. The number of nitrogens with two attached hydrogens (primary N) is 1. The summed E-state index contributed by atoms with van der Waals surface area (Å²) >= 11 is 0. The van der Waals surface area contributed by atoms with E-state index in [1.54, 1.807) is 6.92 Å². The molecule has 4 N–H and O–H groups in total. The number of aromatic nitrogens is 2. The summed E-state index contributed by atoms with van der Waals surface area (Å²) in [5, 5.41) is 6.48. The molecule has 1 heterocycles. The molecule has 0 unspecified atom stereocenters. The van der Waals surface area contributed by atoms with Gasteiger partial charge in [-0.25, -0.2) is 13.1 Å². The summed E-state index contributed by atoms with van der Waals surface area (Å²) in [7, 11) is -3.58. The molecular formula is C11H22N4O2S. The van der Waals surface area contributed by atoms with Crippen molar-refractivity contribution in [2.75, 3.05) is 6.54 Å². The second-order valence-electron chi connectivity index (χ2n) is 5.54. The maximum atomic E-state index is 12.1. The number of aromatic amines is 1. The average Bonchev–Trinajstić information content (AvgIpc) is 2.57. The van der Waals surface area contributed by atoms with Crippen LogP contribution in [0.25, 0.3) is 0 Å². The van der Waals surface area contributed by atoms with Gasteiger partial charge in [0, 0.05) is 24.3 Å². The van der Waals surface area contributed by atoms with E-state index in [-0.39, 0.29) is 17.0 Å². The van der Waals surface area contributed by atoms with Gasteiger partial charge in [-0.3, -0.25) is 5.10 Å². The standard InChI is InChI=1S/C11H22N4O2S/c1-8-9(7-12)10(15-14-8)18(16,17)13-6-5-11(2,3)4/h13H,5-7,12H2,1-4H3,(H,14,15). The van der Waals surface area contributed by atoms with Crippen LogP contribution in [0.1, 0.15) is 38.4 Å². The van der Waals surface area contributed by atoms with Crippen molar-refractivity contribution in [1.82, 2.24) is 14.9 Å². The summed E-state index contributed by atoms with van der Waals surface area (Å²) in [6.45, 7) is 8.48. The molecule has 0 amide bonds. The Morgan fingerprint density at radius 2 is 2.00 bits per heavy atom. The fourth-order valence-corrected chi connectivity index (χ4v) is 2.76. The van der Waals surface area contributed by atoms with E-state index in [4.69, 9.17) is 5.73 Å². The molecule has 6 nitrogen and oxygen atoms in total. The molecule has 1 aromatic rings. The van der Waals surface area contributed by atoms with Crippen molar-refractivity contribution in [3.63, 3.8) is 0 Å². The lowest BCUT2D eigenvalue weighted by molar-refractivity contribution is 0.378. The highest BCUT2D eigenvalue weighted by molar-refractivity contribution is 7.89. The van der Waals surface area contributed by atoms with E-state index >= 15 is 0 Å². The van der Waals surface area contributed by atoms with Gasteiger partial charge in [0.05, 0.1) is 0 Å². The molecule has 0 radical (unpaired) electrons. The second kappa shape index (κ2) is 5.38. The highest BCUT2D eigenvalue weighted by Gasteiger charge is 2.23. The number of rotatable bonds is 5. The first-order valence-corrected chi connectivity index (χ1v) is 7.39. The zero-order valence-corrected chi connectivity index (χ0v) is 12.2. The minimum absolute atomic E-state index is 0.0106. The van der Waals surface area contributed by atoms with Gasteiger partial charge in [-0.05, 0) is 18.8 Å². The molecule has 1 aromatic heterocycles. The lowest BCUT2D eigenvalue weighted by atomic mass is 9.93. The molecule has 0 saturated carbocycles. The maximum Gasteiger partial charge on any atom is 0.260 e. The Balaban J connectivity index is 2.81. The lowest BCUT2D eigenvalue weighted by Crippen LogP contribution is -2.28. The molecule has 0 aliphatic rings. The van der Waals surface area contributed by atoms with Gasteiger partial charge in [0.1, 0.15) is 0 Å². The van der Waals surface area contributed by atoms with Crippen LogP contribution in [0.2, 0.25) is 0 Å². The van der Waals surface area contributed by atoms with Crippen LogP contribution in [0, 0.1) is 12.3 Å². The van der Waals surface area contributed by atoms with Crippen LogP contribution in [0.5, 0.6) is 0 Å². The third-order valence-corrected chi connectivity index (χ3v) is 4.09. The van der Waals surface area contributed by atoms with E-state index in [1.165, 1.54) is 0 Å². The molecular weight excluding hydrogens is 252 g/mol. The van der Waals surface area contributed by atoms with Gasteiger partial charge in [-0.1, -0.05) is 20.8 Å². The number of hydrogen-bond donors (Lipinski definition) is 3. The SMILES string of the molecule is Cc1[nH]nc(S(=O)(=O)NCCC(C)(C)C)c1CN. The normalized spacial score (nSPS) is 12.9. The summed E-state index contributed by atoms with van der Waals surface area (Å²) in [5.41, 5.74) is 6.85. The quantitative estimate of drug-likeness (QED) is 0.742. The van der Waals surface area contributed by atoms with Crippen LogP contribution in [0.4, 0.5) is 0 Å². The van der Waals surface area contributed by atoms with Gasteiger partial charge >= 0.3 is 0 Å². The van der Waals surface area contributed by atoms with Crippen molar-refractivity contribution in [3.8, 4) is 0 Å². The second-order valence-corrected chi connectivity index (χ2v) is 7.23. The zero-order valence-electron chi connectivity index (χ0n) is 11.4. The van der Waals surface area contributed by atoms with E-state index in [0.717, 1.165) is 6.42 Å². The van der Waals surface area contributed by atoms with E-state index < -0.39 is 10.0 Å². The topological polar surface area (TPSA) is 101 Å². The smallest absolute Gasteiger partial charge is 0.260 e. The molecule has 7 heteroatoms. The Hall–Kier alpha value is -0.920. The highest BCUT2D eigenvalue weighted by Crippen LogP contribution is 2.19. The lowest BCUT2D eigenvalue weighted by Gasteiger charge is -2.17. The van der Waals surface area contributed by atoms with E-state index in [9.17, 15) is 8.42 Å². The molecule has 0 aromatic carbocycles. The van der Waals surface area contributed by atoms with Gasteiger partial charge in [-0.2, -0.15) is 5.10 Å². The van der Waals surface area contributed by atoms with Gasteiger partial charge in [0.25, 0.3) is 10.0 Å². The Bertz CT molecular complexity index is 500. The van der Waals surface area contributed by atoms with Crippen molar-refractivity contribution in [3.05, 3.63) is 11.3 Å². The van der Waals surface area contributed by atoms with Crippen LogP contribution in [0.15, 0.2) is 5.03 Å². The van der Waals surface area contributed by atoms with Crippen molar-refractivity contribution in [2.45, 2.75) is 45.7 Å². The first-order valence-electron chi connectivity index (χ1n) is 5.91. The van der Waals surface area contributed by atoms with Gasteiger partial charge in [0.15, 0.2) is 5.03 Å². The molecule has 104 valence electrons. The molecule has 0 bridgehead atoms. The fourth-order valence-electron chi connectivity index (χ4n) is 1.52. The average molecular weight is 274 g/mol. The molecule has 18 heavy (non-hydrogen) atoms. The Labute approximate surface area is 108 Å². The first-order chi connectivity index (χ1) is 8.17. The van der Waals surface area contributed by atoms with E-state index in [2.05, 4.69) is 35.7 Å². The van der Waals surface area contributed by atoms with Crippen LogP contribution in [-0.2, 0) is 16.6 Å². The van der Waals surface area contributed by atoms with Crippen molar-refractivity contribution in [1.29, 1.82) is 0 Å². The first kappa shape index (κ1) is 15.1. The maximum absolute atomic E-state index is 12.1. The third-order valence-electron chi connectivity index (χ3n) is 2.66. The third kappa shape index (κ3) is 3.79. The summed E-state index contributed by atoms with van der Waals surface area (Å²) in [6, 6.07) is 0. The molecule has 0 atom stereocenters. The molecule has 1 rings (SSSR count). The Morgan fingerprint density at radius 3 is 2.50 bits per heavy atom. The predicted molar refractivity (Wildman–Crippen MR) is 70.5 cm³/mol. The fraction of sp³-hybridized carbons (Fsp3) is 0.727. The largest absolute Gasteiger partial charge is 0.326 e. The zero-order chi connectivity index (χ0) is 14.0. The Morgan fingerprint density at radius 1 is 1.39 bits per heavy atom. The van der Waals surface area contributed by atoms with Crippen LogP contribution in [0.3, 0.4) is 0 Å². The number of hydrogen-bond acceptors (Lipinski definition) is 4. The molecule has 0 spiro atoms. The Kier molecular flexibility index (Phi) is 4.52. The van der Waals surface area contributed by atoms with Gasteiger partial charge in [0.2, 0.25) is 0 Å². The number of nitrogens with one attached hydrogen (secondary N) is 2. The van der Waals surface area contributed by atoms with Crippen LogP contribution < -0.4 is 10.5 Å². The molecule has 0 aliphatic carbocycles. The van der Waals surface area contributed by atoms with Crippen molar-refractivity contribution in [2.24, 2.45) is 11.1 Å². The van der Waals surface area contributed by atoms with Gasteiger partial charge < -0.3 is 5.73 Å². The van der Waals surface area contributed by atoms with Crippen molar-refractivity contribution < 1.29 is 8.42 Å². The summed E-state index contributed by atoms with van der Waals surface area (Å²) < 4.78 is 26.7. The molecule has 0 fully saturated rings. The molecule has 0 aliphatic heterocycles. The minimum Gasteiger partial charge on any atom is -0.326 e. The predicted octanol–water partition coefficient (Wildman–Crippen LogP) is 0.891. The molecule has 0 saturated heterocycles. The van der Waals surface area contributed by atoms with E-state index in [0.29, 0.717) is 17.8 Å². The number of aryl methyl sites for hydroxylation is 1. The summed E-state index contributed by atoms with van der Waals surface area (Å²) in [4.78, 5) is 0. The van der Waals surface area contributed by atoms with Gasteiger partial charge in [-0.15, -0.1) is 0 Å².